The fraction of sp³-hybridized carbons (Fsp3) is 0.500. The van der Waals surface area contributed by atoms with E-state index in [1.165, 1.54) is 0 Å². The van der Waals surface area contributed by atoms with Crippen LogP contribution in [0.2, 0.25) is 5.02 Å². The number of methoxy groups -OCH3 is 1. The van der Waals surface area contributed by atoms with E-state index < -0.39 is 0 Å². The maximum absolute atomic E-state index is 12.0. The zero-order chi connectivity index (χ0) is 16.9. The number of carbonyl (C=O) groups is 1. The van der Waals surface area contributed by atoms with E-state index in [4.69, 9.17) is 20.8 Å². The number of fused-ring (bicyclic) bond motifs is 1. The van der Waals surface area contributed by atoms with Crippen molar-refractivity contribution in [3.8, 4) is 0 Å². The normalized spacial score (nSPS) is 15.8. The Bertz CT molecular complexity index is 698. The summed E-state index contributed by atoms with van der Waals surface area (Å²) in [5, 5.41) is 3.49. The highest BCUT2D eigenvalue weighted by molar-refractivity contribution is 6.31. The number of carbonyl (C=O) groups excluding carboxylic acids is 1. The van der Waals surface area contributed by atoms with Gasteiger partial charge in [0.2, 0.25) is 5.89 Å². The molecule has 130 valence electrons. The van der Waals surface area contributed by atoms with Gasteiger partial charge in [-0.25, -0.2) is 9.78 Å². The number of ether oxygens (including phenoxy) is 1. The zero-order valence-corrected chi connectivity index (χ0v) is 14.4. The SMILES string of the molecule is COCCNC(=O)N1CCN(Cc2nc3cc(Cl)ccc3o2)CC1. The van der Waals surface area contributed by atoms with Gasteiger partial charge >= 0.3 is 6.03 Å². The topological polar surface area (TPSA) is 70.8 Å². The standard InChI is InChI=1S/C16H21ClN4O3/c1-23-9-4-18-16(22)21-7-5-20(6-8-21)11-15-19-13-10-12(17)2-3-14(13)24-15/h2-3,10H,4-9,11H2,1H3,(H,18,22). The van der Waals surface area contributed by atoms with Crippen molar-refractivity contribution in [2.24, 2.45) is 0 Å². The molecular weight excluding hydrogens is 332 g/mol. The second-order valence-electron chi connectivity index (χ2n) is 5.71. The van der Waals surface area contributed by atoms with Crippen molar-refractivity contribution in [3.05, 3.63) is 29.1 Å². The van der Waals surface area contributed by atoms with Crippen LogP contribution in [0.25, 0.3) is 11.1 Å². The zero-order valence-electron chi connectivity index (χ0n) is 13.6. The third-order valence-corrected chi connectivity index (χ3v) is 4.23. The number of oxazole rings is 1. The van der Waals surface area contributed by atoms with Gasteiger partial charge in [-0.05, 0) is 18.2 Å². The highest BCUT2D eigenvalue weighted by atomic mass is 35.5. The molecule has 8 heteroatoms. The van der Waals surface area contributed by atoms with Gasteiger partial charge in [0.25, 0.3) is 0 Å². The fourth-order valence-corrected chi connectivity index (χ4v) is 2.85. The van der Waals surface area contributed by atoms with E-state index in [1.54, 1.807) is 19.2 Å². The first-order valence-electron chi connectivity index (χ1n) is 7.95. The molecule has 1 N–H and O–H groups in total. The smallest absolute Gasteiger partial charge is 0.317 e. The lowest BCUT2D eigenvalue weighted by molar-refractivity contribution is 0.126. The lowest BCUT2D eigenvalue weighted by atomic mass is 10.3. The van der Waals surface area contributed by atoms with Gasteiger partial charge in [0, 0.05) is 44.9 Å². The second kappa shape index (κ2) is 7.83. The average molecular weight is 353 g/mol. The number of halogens is 1. The van der Waals surface area contributed by atoms with E-state index in [1.807, 2.05) is 11.0 Å². The molecule has 0 radical (unpaired) electrons. The van der Waals surface area contributed by atoms with E-state index in [0.717, 1.165) is 24.2 Å². The molecular formula is C16H21ClN4O3. The number of amides is 2. The Labute approximate surface area is 145 Å². The predicted molar refractivity (Wildman–Crippen MR) is 91.1 cm³/mol. The summed E-state index contributed by atoms with van der Waals surface area (Å²) in [6.45, 7) is 4.63. The molecule has 24 heavy (non-hydrogen) atoms. The van der Waals surface area contributed by atoms with Gasteiger partial charge in [0.05, 0.1) is 13.2 Å². The van der Waals surface area contributed by atoms with Crippen LogP contribution in [0.5, 0.6) is 0 Å². The molecule has 0 unspecified atom stereocenters. The monoisotopic (exact) mass is 352 g/mol. The molecule has 0 aliphatic carbocycles. The lowest BCUT2D eigenvalue weighted by Gasteiger charge is -2.33. The van der Waals surface area contributed by atoms with E-state index >= 15 is 0 Å². The molecule has 1 aliphatic heterocycles. The molecule has 1 fully saturated rings. The van der Waals surface area contributed by atoms with Crippen molar-refractivity contribution < 1.29 is 13.9 Å². The van der Waals surface area contributed by atoms with Crippen LogP contribution in [0.3, 0.4) is 0 Å². The van der Waals surface area contributed by atoms with Crippen molar-refractivity contribution in [3.63, 3.8) is 0 Å². The summed E-state index contributed by atoms with van der Waals surface area (Å²) in [7, 11) is 1.62. The Balaban J connectivity index is 1.50. The van der Waals surface area contributed by atoms with Gasteiger partial charge in [0.15, 0.2) is 5.58 Å². The van der Waals surface area contributed by atoms with Crippen molar-refractivity contribution in [1.29, 1.82) is 0 Å². The lowest BCUT2D eigenvalue weighted by Crippen LogP contribution is -2.51. The van der Waals surface area contributed by atoms with E-state index in [9.17, 15) is 4.79 Å². The Hall–Kier alpha value is -1.83. The van der Waals surface area contributed by atoms with Crippen LogP contribution in [-0.2, 0) is 11.3 Å². The third-order valence-electron chi connectivity index (χ3n) is 3.99. The number of piperazine rings is 1. The summed E-state index contributed by atoms with van der Waals surface area (Å²) in [5.41, 5.74) is 1.51. The molecule has 0 spiro atoms. The second-order valence-corrected chi connectivity index (χ2v) is 6.14. The van der Waals surface area contributed by atoms with Crippen LogP contribution < -0.4 is 5.32 Å². The molecule has 1 saturated heterocycles. The first-order valence-corrected chi connectivity index (χ1v) is 8.32. The van der Waals surface area contributed by atoms with Gasteiger partial charge in [-0.1, -0.05) is 11.6 Å². The van der Waals surface area contributed by atoms with E-state index in [0.29, 0.717) is 43.7 Å². The summed E-state index contributed by atoms with van der Waals surface area (Å²) in [6, 6.07) is 5.38. The van der Waals surface area contributed by atoms with Crippen LogP contribution in [-0.4, -0.2) is 67.3 Å². The molecule has 7 nitrogen and oxygen atoms in total. The number of rotatable bonds is 5. The number of aromatic nitrogens is 1. The number of hydrogen-bond donors (Lipinski definition) is 1. The van der Waals surface area contributed by atoms with Crippen molar-refractivity contribution >= 4 is 28.7 Å². The van der Waals surface area contributed by atoms with Gasteiger partial charge in [-0.15, -0.1) is 0 Å². The minimum absolute atomic E-state index is 0.0387. The van der Waals surface area contributed by atoms with E-state index in [-0.39, 0.29) is 6.03 Å². The molecule has 0 saturated carbocycles. The average Bonchev–Trinajstić information content (AvgIpc) is 2.97. The summed E-state index contributed by atoms with van der Waals surface area (Å²) in [4.78, 5) is 20.5. The van der Waals surface area contributed by atoms with Gasteiger partial charge in [-0.2, -0.15) is 0 Å². The number of nitrogens with one attached hydrogen (secondary N) is 1. The Morgan fingerprint density at radius 1 is 1.38 bits per heavy atom. The van der Waals surface area contributed by atoms with Gasteiger partial charge < -0.3 is 19.4 Å². The number of nitrogens with zero attached hydrogens (tertiary/aromatic N) is 3. The van der Waals surface area contributed by atoms with Crippen molar-refractivity contribution in [2.45, 2.75) is 6.54 Å². The molecule has 3 rings (SSSR count). The van der Waals surface area contributed by atoms with Crippen LogP contribution in [0.15, 0.2) is 22.6 Å². The number of urea groups is 1. The van der Waals surface area contributed by atoms with Gasteiger partial charge in [-0.3, -0.25) is 4.90 Å². The molecule has 2 heterocycles. The molecule has 1 aromatic heterocycles. The highest BCUT2D eigenvalue weighted by Crippen LogP contribution is 2.21. The third kappa shape index (κ3) is 4.17. The predicted octanol–water partition coefficient (Wildman–Crippen LogP) is 1.95. The molecule has 0 bridgehead atoms. The quantitative estimate of drug-likeness (QED) is 0.833. The summed E-state index contributed by atoms with van der Waals surface area (Å²) in [5.74, 6) is 0.672. The Morgan fingerprint density at radius 3 is 2.92 bits per heavy atom. The van der Waals surface area contributed by atoms with Crippen LogP contribution >= 0.6 is 11.6 Å². The molecule has 2 aromatic rings. The Kier molecular flexibility index (Phi) is 5.55. The fourth-order valence-electron chi connectivity index (χ4n) is 2.69. The summed E-state index contributed by atoms with van der Waals surface area (Å²) in [6.07, 6.45) is 0. The van der Waals surface area contributed by atoms with E-state index in [2.05, 4.69) is 15.2 Å². The minimum atomic E-state index is -0.0387. The molecule has 1 aliphatic rings. The molecule has 0 atom stereocenters. The van der Waals surface area contributed by atoms with Crippen LogP contribution in [0.4, 0.5) is 4.79 Å². The van der Waals surface area contributed by atoms with Crippen LogP contribution in [0.1, 0.15) is 5.89 Å². The highest BCUT2D eigenvalue weighted by Gasteiger charge is 2.22. The largest absolute Gasteiger partial charge is 0.439 e. The first-order chi connectivity index (χ1) is 11.7. The molecule has 1 aromatic carbocycles. The van der Waals surface area contributed by atoms with Gasteiger partial charge in [0.1, 0.15) is 5.52 Å². The van der Waals surface area contributed by atoms with Crippen LogP contribution in [0, 0.1) is 0 Å². The van der Waals surface area contributed by atoms with Crippen molar-refractivity contribution in [1.82, 2.24) is 20.1 Å². The minimum Gasteiger partial charge on any atom is -0.439 e. The number of hydrogen-bond acceptors (Lipinski definition) is 5. The summed E-state index contributed by atoms with van der Waals surface area (Å²) < 4.78 is 10.7. The Morgan fingerprint density at radius 2 is 2.17 bits per heavy atom. The summed E-state index contributed by atoms with van der Waals surface area (Å²) >= 11 is 5.97. The first kappa shape index (κ1) is 17.0. The molecule has 2 amide bonds. The number of benzene rings is 1. The maximum atomic E-state index is 12.0. The maximum Gasteiger partial charge on any atom is 0.317 e. The van der Waals surface area contributed by atoms with Crippen molar-refractivity contribution in [2.75, 3.05) is 46.4 Å².